The number of hydrogen-bond acceptors (Lipinski definition) is 6. The van der Waals surface area contributed by atoms with Crippen molar-refractivity contribution in [3.8, 4) is 5.88 Å². The van der Waals surface area contributed by atoms with Gasteiger partial charge < -0.3 is 14.9 Å². The van der Waals surface area contributed by atoms with E-state index in [0.29, 0.717) is 23.6 Å². The molecule has 2 aliphatic rings. The molecule has 6 heteroatoms. The van der Waals surface area contributed by atoms with Gasteiger partial charge in [-0.15, -0.1) is 0 Å². The molecule has 0 spiro atoms. The monoisotopic (exact) mass is 455 g/mol. The van der Waals surface area contributed by atoms with Gasteiger partial charge in [0.1, 0.15) is 11.9 Å². The van der Waals surface area contributed by atoms with Gasteiger partial charge in [0.05, 0.1) is 22.6 Å². The van der Waals surface area contributed by atoms with E-state index in [1.165, 1.54) is 5.56 Å². The first-order chi connectivity index (χ1) is 15.7. The molecule has 0 unspecified atom stereocenters. The van der Waals surface area contributed by atoms with Crippen LogP contribution in [0, 0.1) is 11.8 Å². The number of nitrogens with zero attached hydrogens (tertiary/aromatic N) is 3. The number of fused-ring (bicyclic) bond motifs is 1. The highest BCUT2D eigenvalue weighted by atomic mass is 16.5. The Morgan fingerprint density at radius 2 is 1.73 bits per heavy atom. The highest BCUT2D eigenvalue weighted by Gasteiger charge is 2.32. The third-order valence-corrected chi connectivity index (χ3v) is 7.98. The van der Waals surface area contributed by atoms with E-state index in [9.17, 15) is 10.2 Å². The standard InChI is InChI=1S/C27H41N3O3/c1-5-17(2)14-24-28-16-23-25(30-24)22(18-6-10-20(31)11-7-18)15-29-26(23)33-21-12-8-19(9-13-21)27(3,4)32/h15-21,31-32H,5-14H2,1-4H3/t17-,18?,19?,20?,21?/m0/s1. The van der Waals surface area contributed by atoms with E-state index in [2.05, 4.69) is 18.8 Å². The third kappa shape index (κ3) is 5.83. The number of hydrogen-bond donors (Lipinski definition) is 2. The van der Waals surface area contributed by atoms with Crippen molar-refractivity contribution in [2.75, 3.05) is 0 Å². The molecule has 1 atom stereocenters. The Morgan fingerprint density at radius 3 is 2.36 bits per heavy atom. The zero-order chi connectivity index (χ0) is 23.6. The van der Waals surface area contributed by atoms with Gasteiger partial charge in [-0.05, 0) is 83.0 Å². The van der Waals surface area contributed by atoms with E-state index < -0.39 is 5.60 Å². The van der Waals surface area contributed by atoms with Gasteiger partial charge in [-0.1, -0.05) is 20.3 Å². The van der Waals surface area contributed by atoms with Crippen LogP contribution in [0.25, 0.3) is 10.9 Å². The second kappa shape index (κ2) is 10.2. The van der Waals surface area contributed by atoms with E-state index in [0.717, 1.165) is 80.9 Å². The molecule has 0 saturated heterocycles. The van der Waals surface area contributed by atoms with Gasteiger partial charge in [0, 0.05) is 24.4 Å². The van der Waals surface area contributed by atoms with Gasteiger partial charge in [0.15, 0.2) is 0 Å². The van der Waals surface area contributed by atoms with Crippen molar-refractivity contribution in [3.63, 3.8) is 0 Å². The van der Waals surface area contributed by atoms with Crippen LogP contribution in [0.2, 0.25) is 0 Å². The fraction of sp³-hybridized carbons (Fsp3) is 0.741. The molecule has 6 nitrogen and oxygen atoms in total. The summed E-state index contributed by atoms with van der Waals surface area (Å²) in [6.45, 7) is 8.26. The summed E-state index contributed by atoms with van der Waals surface area (Å²) in [7, 11) is 0. The molecule has 0 bridgehead atoms. The summed E-state index contributed by atoms with van der Waals surface area (Å²) in [6, 6.07) is 0. The number of ether oxygens (including phenoxy) is 1. The minimum Gasteiger partial charge on any atom is -0.474 e. The van der Waals surface area contributed by atoms with Crippen LogP contribution in [-0.4, -0.2) is 43.0 Å². The molecule has 4 rings (SSSR count). The Hall–Kier alpha value is -1.79. The Labute approximate surface area is 198 Å². The van der Waals surface area contributed by atoms with Crippen LogP contribution in [0.3, 0.4) is 0 Å². The summed E-state index contributed by atoms with van der Waals surface area (Å²) in [5, 5.41) is 21.2. The molecule has 0 radical (unpaired) electrons. The first-order valence-corrected chi connectivity index (χ1v) is 13.0. The van der Waals surface area contributed by atoms with Crippen molar-refractivity contribution in [2.45, 2.75) is 116 Å². The van der Waals surface area contributed by atoms with Crippen LogP contribution in [0.4, 0.5) is 0 Å². The number of pyridine rings is 1. The second-order valence-electron chi connectivity index (χ2n) is 11.0. The average Bonchev–Trinajstić information content (AvgIpc) is 2.79. The minimum absolute atomic E-state index is 0.106. The molecule has 2 saturated carbocycles. The molecule has 2 aromatic rings. The van der Waals surface area contributed by atoms with E-state index >= 15 is 0 Å². The van der Waals surface area contributed by atoms with Gasteiger partial charge in [-0.25, -0.2) is 15.0 Å². The van der Waals surface area contributed by atoms with Crippen LogP contribution >= 0.6 is 0 Å². The molecule has 2 fully saturated rings. The third-order valence-electron chi connectivity index (χ3n) is 7.98. The van der Waals surface area contributed by atoms with Gasteiger partial charge in [-0.2, -0.15) is 0 Å². The van der Waals surface area contributed by atoms with Crippen LogP contribution < -0.4 is 4.74 Å². The lowest BCUT2D eigenvalue weighted by molar-refractivity contribution is -0.0154. The van der Waals surface area contributed by atoms with Crippen molar-refractivity contribution < 1.29 is 14.9 Å². The number of aliphatic hydroxyl groups is 2. The first kappa shape index (κ1) is 24.3. The minimum atomic E-state index is -0.634. The zero-order valence-corrected chi connectivity index (χ0v) is 20.8. The molecule has 0 aromatic carbocycles. The van der Waals surface area contributed by atoms with Crippen molar-refractivity contribution in [1.82, 2.24) is 15.0 Å². The average molecular weight is 456 g/mol. The summed E-state index contributed by atoms with van der Waals surface area (Å²) < 4.78 is 6.42. The van der Waals surface area contributed by atoms with Gasteiger partial charge in [0.25, 0.3) is 0 Å². The number of rotatable bonds is 7. The van der Waals surface area contributed by atoms with Crippen LogP contribution in [0.5, 0.6) is 5.88 Å². The highest BCUT2D eigenvalue weighted by Crippen LogP contribution is 2.39. The van der Waals surface area contributed by atoms with Gasteiger partial charge in [-0.3, -0.25) is 0 Å². The Kier molecular flexibility index (Phi) is 7.54. The predicted molar refractivity (Wildman–Crippen MR) is 130 cm³/mol. The molecule has 2 heterocycles. The molecule has 0 amide bonds. The Morgan fingerprint density at radius 1 is 1.03 bits per heavy atom. The molecule has 33 heavy (non-hydrogen) atoms. The molecule has 2 aliphatic carbocycles. The maximum atomic E-state index is 10.4. The molecular formula is C27H41N3O3. The normalized spacial score (nSPS) is 27.5. The van der Waals surface area contributed by atoms with Gasteiger partial charge in [0.2, 0.25) is 5.88 Å². The molecular weight excluding hydrogens is 414 g/mol. The van der Waals surface area contributed by atoms with E-state index in [4.69, 9.17) is 14.7 Å². The van der Waals surface area contributed by atoms with E-state index in [1.807, 2.05) is 26.2 Å². The summed E-state index contributed by atoms with van der Waals surface area (Å²) >= 11 is 0. The Bertz CT molecular complexity index is 926. The summed E-state index contributed by atoms with van der Waals surface area (Å²) in [5.41, 5.74) is 1.51. The van der Waals surface area contributed by atoms with Crippen molar-refractivity contribution in [3.05, 3.63) is 23.8 Å². The van der Waals surface area contributed by atoms with Crippen LogP contribution in [0.1, 0.15) is 103 Å². The van der Waals surface area contributed by atoms with Crippen molar-refractivity contribution in [1.29, 1.82) is 0 Å². The Balaban J connectivity index is 1.60. The SMILES string of the molecule is CC[C@H](C)Cc1ncc2c(OC3CCC(C(C)(C)O)CC3)ncc(C3CCC(O)CC3)c2n1. The lowest BCUT2D eigenvalue weighted by Crippen LogP contribution is -2.36. The lowest BCUT2D eigenvalue weighted by atomic mass is 9.78. The molecule has 182 valence electrons. The summed E-state index contributed by atoms with van der Waals surface area (Å²) in [5.74, 6) is 2.74. The molecule has 2 aromatic heterocycles. The predicted octanol–water partition coefficient (Wildman–Crippen LogP) is 5.34. The first-order valence-electron chi connectivity index (χ1n) is 13.0. The molecule has 2 N–H and O–H groups in total. The summed E-state index contributed by atoms with van der Waals surface area (Å²) in [4.78, 5) is 14.5. The second-order valence-corrected chi connectivity index (χ2v) is 11.0. The van der Waals surface area contributed by atoms with Crippen LogP contribution in [0.15, 0.2) is 12.4 Å². The maximum absolute atomic E-state index is 10.4. The van der Waals surface area contributed by atoms with E-state index in [-0.39, 0.29) is 12.2 Å². The molecule has 0 aliphatic heterocycles. The topological polar surface area (TPSA) is 88.4 Å². The van der Waals surface area contributed by atoms with Crippen molar-refractivity contribution >= 4 is 10.9 Å². The lowest BCUT2D eigenvalue weighted by Gasteiger charge is -2.35. The zero-order valence-electron chi connectivity index (χ0n) is 20.8. The fourth-order valence-corrected chi connectivity index (χ4v) is 5.43. The van der Waals surface area contributed by atoms with Crippen LogP contribution in [-0.2, 0) is 6.42 Å². The largest absolute Gasteiger partial charge is 0.474 e. The van der Waals surface area contributed by atoms with E-state index in [1.54, 1.807) is 0 Å². The quantitative estimate of drug-likeness (QED) is 0.586. The number of aliphatic hydroxyl groups excluding tert-OH is 1. The summed E-state index contributed by atoms with van der Waals surface area (Å²) in [6.07, 6.45) is 13.1. The fourth-order valence-electron chi connectivity index (χ4n) is 5.43. The highest BCUT2D eigenvalue weighted by molar-refractivity contribution is 5.85. The maximum Gasteiger partial charge on any atom is 0.224 e. The van der Waals surface area contributed by atoms with Gasteiger partial charge >= 0.3 is 0 Å². The smallest absolute Gasteiger partial charge is 0.224 e. The number of aromatic nitrogens is 3. The van der Waals surface area contributed by atoms with Crippen molar-refractivity contribution in [2.24, 2.45) is 11.8 Å².